The van der Waals surface area contributed by atoms with Crippen LogP contribution in [-0.2, 0) is 11.3 Å². The van der Waals surface area contributed by atoms with Gasteiger partial charge in [-0.05, 0) is 72.2 Å². The fourth-order valence-electron chi connectivity index (χ4n) is 3.12. The summed E-state index contributed by atoms with van der Waals surface area (Å²) in [5, 5.41) is 12.5. The maximum atomic E-state index is 12.6. The Bertz CT molecular complexity index is 1020. The second-order valence-corrected chi connectivity index (χ2v) is 9.33. The lowest BCUT2D eigenvalue weighted by Crippen LogP contribution is -2.16. The molecule has 3 rings (SSSR count). The summed E-state index contributed by atoms with van der Waals surface area (Å²) in [5.74, 6) is 1.42. The van der Waals surface area contributed by atoms with E-state index in [9.17, 15) is 4.79 Å². The van der Waals surface area contributed by atoms with E-state index in [0.29, 0.717) is 5.92 Å². The predicted molar refractivity (Wildman–Crippen MR) is 128 cm³/mol. The summed E-state index contributed by atoms with van der Waals surface area (Å²) in [6, 6.07) is 14.3. The Balaban J connectivity index is 1.71. The standard InChI is InChI=1S/C22H25IN4OS/c1-5-27-21(16-8-6-7-15(4)11-16)25-26-22(27)29-13-20(28)24-19-10-9-17(23)12-18(19)14(2)3/h6-12,14H,5,13H2,1-4H3,(H,24,28). The molecule has 2 aromatic carbocycles. The van der Waals surface area contributed by atoms with E-state index in [1.807, 2.05) is 24.3 Å². The molecule has 1 N–H and O–H groups in total. The fourth-order valence-corrected chi connectivity index (χ4v) is 4.44. The van der Waals surface area contributed by atoms with Crippen molar-refractivity contribution < 1.29 is 4.79 Å². The van der Waals surface area contributed by atoms with Gasteiger partial charge in [0.1, 0.15) is 0 Å². The first-order chi connectivity index (χ1) is 13.9. The molecule has 0 aliphatic heterocycles. The van der Waals surface area contributed by atoms with Gasteiger partial charge in [-0.1, -0.05) is 49.4 Å². The van der Waals surface area contributed by atoms with E-state index in [0.717, 1.165) is 34.3 Å². The summed E-state index contributed by atoms with van der Waals surface area (Å²) >= 11 is 3.71. The van der Waals surface area contributed by atoms with Crippen LogP contribution in [0.1, 0.15) is 37.8 Å². The minimum atomic E-state index is -0.0409. The van der Waals surface area contributed by atoms with Gasteiger partial charge in [-0.2, -0.15) is 0 Å². The monoisotopic (exact) mass is 520 g/mol. The fraction of sp³-hybridized carbons (Fsp3) is 0.318. The van der Waals surface area contributed by atoms with Crippen LogP contribution in [0.25, 0.3) is 11.4 Å². The lowest BCUT2D eigenvalue weighted by atomic mass is 10.0. The summed E-state index contributed by atoms with van der Waals surface area (Å²) in [5.41, 5.74) is 4.24. The molecule has 0 spiro atoms. The maximum Gasteiger partial charge on any atom is 0.234 e. The van der Waals surface area contributed by atoms with E-state index in [-0.39, 0.29) is 11.7 Å². The smallest absolute Gasteiger partial charge is 0.234 e. The number of hydrogen-bond acceptors (Lipinski definition) is 4. The van der Waals surface area contributed by atoms with Gasteiger partial charge in [0.15, 0.2) is 11.0 Å². The highest BCUT2D eigenvalue weighted by Crippen LogP contribution is 2.28. The van der Waals surface area contributed by atoms with Gasteiger partial charge >= 0.3 is 0 Å². The van der Waals surface area contributed by atoms with Gasteiger partial charge < -0.3 is 9.88 Å². The molecule has 152 valence electrons. The number of carbonyl (C=O) groups is 1. The number of anilines is 1. The van der Waals surface area contributed by atoms with E-state index in [1.54, 1.807) is 0 Å². The summed E-state index contributed by atoms with van der Waals surface area (Å²) in [6.45, 7) is 9.13. The molecule has 0 atom stereocenters. The number of thioether (sulfide) groups is 1. The Morgan fingerprint density at radius 3 is 2.69 bits per heavy atom. The largest absolute Gasteiger partial charge is 0.325 e. The summed E-state index contributed by atoms with van der Waals surface area (Å²) in [6.07, 6.45) is 0. The van der Waals surface area contributed by atoms with E-state index >= 15 is 0 Å². The highest BCUT2D eigenvalue weighted by Gasteiger charge is 2.16. The molecule has 1 aromatic heterocycles. The number of aryl methyl sites for hydroxylation is 1. The molecule has 7 heteroatoms. The Morgan fingerprint density at radius 2 is 2.00 bits per heavy atom. The minimum absolute atomic E-state index is 0.0409. The first kappa shape index (κ1) is 21.8. The normalized spacial score (nSPS) is 11.1. The van der Waals surface area contributed by atoms with Crippen molar-refractivity contribution in [2.75, 3.05) is 11.1 Å². The molecule has 3 aromatic rings. The van der Waals surface area contributed by atoms with E-state index in [1.165, 1.54) is 20.9 Å². The molecule has 0 radical (unpaired) electrons. The molecule has 0 unspecified atom stereocenters. The first-order valence-corrected chi connectivity index (χ1v) is 11.7. The third-order valence-electron chi connectivity index (χ3n) is 4.55. The molecule has 1 heterocycles. The molecule has 0 fully saturated rings. The van der Waals surface area contributed by atoms with Gasteiger partial charge in [-0.25, -0.2) is 0 Å². The van der Waals surface area contributed by atoms with Crippen molar-refractivity contribution >= 4 is 45.9 Å². The zero-order valence-corrected chi connectivity index (χ0v) is 20.0. The highest BCUT2D eigenvalue weighted by atomic mass is 127. The molecule has 0 saturated heterocycles. The number of rotatable bonds is 7. The van der Waals surface area contributed by atoms with Crippen molar-refractivity contribution in [2.45, 2.75) is 45.3 Å². The SMILES string of the molecule is CCn1c(SCC(=O)Nc2ccc(I)cc2C(C)C)nnc1-c1cccc(C)c1. The highest BCUT2D eigenvalue weighted by molar-refractivity contribution is 14.1. The zero-order chi connectivity index (χ0) is 21.0. The van der Waals surface area contributed by atoms with Crippen LogP contribution >= 0.6 is 34.4 Å². The van der Waals surface area contributed by atoms with Crippen molar-refractivity contribution in [2.24, 2.45) is 0 Å². The van der Waals surface area contributed by atoms with Crippen LogP contribution in [0.2, 0.25) is 0 Å². The van der Waals surface area contributed by atoms with Crippen LogP contribution in [-0.4, -0.2) is 26.4 Å². The summed E-state index contributed by atoms with van der Waals surface area (Å²) < 4.78 is 3.22. The molecule has 5 nitrogen and oxygen atoms in total. The quantitative estimate of drug-likeness (QED) is 0.319. The lowest BCUT2D eigenvalue weighted by molar-refractivity contribution is -0.113. The van der Waals surface area contributed by atoms with Gasteiger partial charge in [0.25, 0.3) is 0 Å². The van der Waals surface area contributed by atoms with E-state index < -0.39 is 0 Å². The van der Waals surface area contributed by atoms with Crippen molar-refractivity contribution in [1.29, 1.82) is 0 Å². The van der Waals surface area contributed by atoms with Crippen LogP contribution in [0, 0.1) is 10.5 Å². The van der Waals surface area contributed by atoms with Gasteiger partial charge in [0.05, 0.1) is 5.75 Å². The van der Waals surface area contributed by atoms with Gasteiger partial charge in [-0.3, -0.25) is 4.79 Å². The van der Waals surface area contributed by atoms with Crippen molar-refractivity contribution in [3.8, 4) is 11.4 Å². The molecule has 29 heavy (non-hydrogen) atoms. The predicted octanol–water partition coefficient (Wildman–Crippen LogP) is 5.73. The third-order valence-corrected chi connectivity index (χ3v) is 6.19. The molecular formula is C22H25IN4OS. The Kier molecular flexibility index (Phi) is 7.34. The molecule has 0 saturated carbocycles. The van der Waals surface area contributed by atoms with E-state index in [4.69, 9.17) is 0 Å². The lowest BCUT2D eigenvalue weighted by Gasteiger charge is -2.14. The number of benzene rings is 2. The number of amides is 1. The zero-order valence-electron chi connectivity index (χ0n) is 17.1. The van der Waals surface area contributed by atoms with Crippen molar-refractivity contribution in [3.63, 3.8) is 0 Å². The van der Waals surface area contributed by atoms with Gasteiger partial charge in [0.2, 0.25) is 5.91 Å². The van der Waals surface area contributed by atoms with Crippen LogP contribution in [0.5, 0.6) is 0 Å². The maximum absolute atomic E-state index is 12.6. The number of carbonyl (C=O) groups excluding carboxylic acids is 1. The average molecular weight is 520 g/mol. The van der Waals surface area contributed by atoms with Crippen LogP contribution in [0.4, 0.5) is 5.69 Å². The molecule has 1 amide bonds. The Labute approximate surface area is 189 Å². The average Bonchev–Trinajstić information content (AvgIpc) is 3.10. The first-order valence-electron chi connectivity index (χ1n) is 9.61. The summed E-state index contributed by atoms with van der Waals surface area (Å²) in [7, 11) is 0. The van der Waals surface area contributed by atoms with Gasteiger partial charge in [-0.15, -0.1) is 10.2 Å². The molecular weight excluding hydrogens is 495 g/mol. The number of aromatic nitrogens is 3. The number of halogens is 1. The summed E-state index contributed by atoms with van der Waals surface area (Å²) in [4.78, 5) is 12.6. The van der Waals surface area contributed by atoms with Crippen LogP contribution < -0.4 is 5.32 Å². The van der Waals surface area contributed by atoms with Gasteiger partial charge in [0, 0.05) is 21.4 Å². The Hall–Kier alpha value is -1.87. The minimum Gasteiger partial charge on any atom is -0.325 e. The molecule has 0 aliphatic carbocycles. The third kappa shape index (κ3) is 5.39. The van der Waals surface area contributed by atoms with Crippen LogP contribution in [0.3, 0.4) is 0 Å². The van der Waals surface area contributed by atoms with Crippen LogP contribution in [0.15, 0.2) is 47.6 Å². The second kappa shape index (κ2) is 9.75. The van der Waals surface area contributed by atoms with E-state index in [2.05, 4.69) is 88.6 Å². The topological polar surface area (TPSA) is 59.8 Å². The van der Waals surface area contributed by atoms with Crippen molar-refractivity contribution in [1.82, 2.24) is 14.8 Å². The second-order valence-electron chi connectivity index (χ2n) is 7.14. The molecule has 0 aliphatic rings. The van der Waals surface area contributed by atoms with Crippen molar-refractivity contribution in [3.05, 3.63) is 57.2 Å². The number of hydrogen-bond donors (Lipinski definition) is 1. The molecule has 0 bridgehead atoms. The number of nitrogens with one attached hydrogen (secondary N) is 1. The number of nitrogens with zero attached hydrogens (tertiary/aromatic N) is 3. The Morgan fingerprint density at radius 1 is 1.21 bits per heavy atom.